The maximum atomic E-state index is 13.4. The molecule has 3 nitrogen and oxygen atoms in total. The summed E-state index contributed by atoms with van der Waals surface area (Å²) in [6, 6.07) is 11.9. The van der Waals surface area contributed by atoms with Crippen molar-refractivity contribution < 1.29 is 9.13 Å². The van der Waals surface area contributed by atoms with Crippen LogP contribution in [-0.4, -0.2) is 13.7 Å². The number of para-hydroxylation sites is 2. The summed E-state index contributed by atoms with van der Waals surface area (Å²) in [5.41, 5.74) is 7.41. The topological polar surface area (TPSA) is 47.3 Å². The van der Waals surface area contributed by atoms with Crippen molar-refractivity contribution in [3.63, 3.8) is 0 Å². The van der Waals surface area contributed by atoms with E-state index in [1.807, 2.05) is 24.3 Å². The number of methoxy groups -OCH3 is 1. The maximum Gasteiger partial charge on any atom is 0.141 e. The minimum Gasteiger partial charge on any atom is -0.495 e. The molecule has 0 saturated heterocycles. The highest BCUT2D eigenvalue weighted by atomic mass is 79.9. The van der Waals surface area contributed by atoms with Gasteiger partial charge < -0.3 is 15.8 Å². The van der Waals surface area contributed by atoms with Gasteiger partial charge in [-0.1, -0.05) is 28.1 Å². The van der Waals surface area contributed by atoms with Crippen LogP contribution >= 0.6 is 15.9 Å². The molecule has 0 aliphatic heterocycles. The van der Waals surface area contributed by atoms with Crippen LogP contribution in [0.3, 0.4) is 0 Å². The van der Waals surface area contributed by atoms with Gasteiger partial charge in [-0.25, -0.2) is 4.39 Å². The Bertz CT molecular complexity index is 592. The average molecular weight is 339 g/mol. The molecule has 1 unspecified atom stereocenters. The van der Waals surface area contributed by atoms with Crippen molar-refractivity contribution in [2.75, 3.05) is 19.0 Å². The summed E-state index contributed by atoms with van der Waals surface area (Å²) in [4.78, 5) is 0. The van der Waals surface area contributed by atoms with E-state index in [0.29, 0.717) is 6.54 Å². The van der Waals surface area contributed by atoms with E-state index in [4.69, 9.17) is 10.5 Å². The number of rotatable bonds is 5. The van der Waals surface area contributed by atoms with Crippen LogP contribution in [-0.2, 0) is 0 Å². The zero-order chi connectivity index (χ0) is 14.5. The lowest BCUT2D eigenvalue weighted by molar-refractivity contribution is 0.416. The lowest BCUT2D eigenvalue weighted by atomic mass is 10.1. The van der Waals surface area contributed by atoms with Crippen molar-refractivity contribution in [3.05, 3.63) is 58.3 Å². The van der Waals surface area contributed by atoms with E-state index >= 15 is 0 Å². The van der Waals surface area contributed by atoms with Gasteiger partial charge in [-0.05, 0) is 35.9 Å². The minimum atomic E-state index is -0.288. The number of benzene rings is 2. The normalized spacial score (nSPS) is 12.0. The van der Waals surface area contributed by atoms with Crippen LogP contribution in [0.25, 0.3) is 0 Å². The molecule has 5 heteroatoms. The Hall–Kier alpha value is -1.59. The number of hydrogen-bond acceptors (Lipinski definition) is 3. The molecule has 2 aromatic rings. The molecule has 2 rings (SSSR count). The molecule has 106 valence electrons. The lowest BCUT2D eigenvalue weighted by Crippen LogP contribution is -2.21. The monoisotopic (exact) mass is 338 g/mol. The quantitative estimate of drug-likeness (QED) is 0.873. The van der Waals surface area contributed by atoms with Crippen LogP contribution in [0.5, 0.6) is 5.75 Å². The lowest BCUT2D eigenvalue weighted by Gasteiger charge is -2.21. The van der Waals surface area contributed by atoms with Gasteiger partial charge >= 0.3 is 0 Å². The Morgan fingerprint density at radius 1 is 1.30 bits per heavy atom. The summed E-state index contributed by atoms with van der Waals surface area (Å²) in [6.45, 7) is 0.333. The zero-order valence-electron chi connectivity index (χ0n) is 11.1. The predicted octanol–water partition coefficient (Wildman–Crippen LogP) is 3.71. The van der Waals surface area contributed by atoms with Gasteiger partial charge in [-0.2, -0.15) is 0 Å². The fourth-order valence-corrected chi connectivity index (χ4v) is 2.52. The van der Waals surface area contributed by atoms with Gasteiger partial charge in [0, 0.05) is 11.0 Å². The maximum absolute atomic E-state index is 13.4. The van der Waals surface area contributed by atoms with E-state index in [-0.39, 0.29) is 11.9 Å². The predicted molar refractivity (Wildman–Crippen MR) is 82.5 cm³/mol. The van der Waals surface area contributed by atoms with E-state index in [1.54, 1.807) is 13.2 Å². The highest BCUT2D eigenvalue weighted by Crippen LogP contribution is 2.30. The molecule has 2 aromatic carbocycles. The molecule has 0 aliphatic carbocycles. The Kier molecular flexibility index (Phi) is 4.98. The third-order valence-electron chi connectivity index (χ3n) is 3.01. The van der Waals surface area contributed by atoms with Crippen molar-refractivity contribution in [2.45, 2.75) is 6.04 Å². The molecule has 0 fully saturated rings. The second-order valence-electron chi connectivity index (χ2n) is 4.30. The van der Waals surface area contributed by atoms with Gasteiger partial charge in [0.15, 0.2) is 0 Å². The molecule has 0 radical (unpaired) electrons. The fraction of sp³-hybridized carbons (Fsp3) is 0.200. The van der Waals surface area contributed by atoms with Crippen LogP contribution in [0, 0.1) is 5.82 Å². The summed E-state index contributed by atoms with van der Waals surface area (Å²) in [7, 11) is 1.61. The molecule has 0 saturated carbocycles. The summed E-state index contributed by atoms with van der Waals surface area (Å²) in [5.74, 6) is 0.432. The smallest absolute Gasteiger partial charge is 0.141 e. The Labute approximate surface area is 126 Å². The van der Waals surface area contributed by atoms with Gasteiger partial charge in [-0.3, -0.25) is 0 Å². The van der Waals surface area contributed by atoms with Crippen LogP contribution in [0.2, 0.25) is 0 Å². The molecule has 0 aromatic heterocycles. The molecular formula is C15H16BrFN2O. The van der Waals surface area contributed by atoms with Gasteiger partial charge in [-0.15, -0.1) is 0 Å². The van der Waals surface area contributed by atoms with Crippen LogP contribution in [0.1, 0.15) is 11.6 Å². The molecule has 1 atom stereocenters. The van der Waals surface area contributed by atoms with Crippen molar-refractivity contribution in [2.24, 2.45) is 5.73 Å². The first kappa shape index (κ1) is 14.8. The van der Waals surface area contributed by atoms with E-state index in [2.05, 4.69) is 21.2 Å². The first-order chi connectivity index (χ1) is 9.65. The summed E-state index contributed by atoms with van der Waals surface area (Å²) in [5, 5.41) is 3.29. The SMILES string of the molecule is COc1ccccc1NC(CN)c1cc(F)ccc1Br. The first-order valence-electron chi connectivity index (χ1n) is 6.20. The average Bonchev–Trinajstić information content (AvgIpc) is 2.48. The summed E-state index contributed by atoms with van der Waals surface area (Å²) in [6.07, 6.45) is 0. The molecule has 0 bridgehead atoms. The third kappa shape index (κ3) is 3.29. The van der Waals surface area contributed by atoms with E-state index in [0.717, 1.165) is 21.5 Å². The van der Waals surface area contributed by atoms with Crippen LogP contribution in [0.4, 0.5) is 10.1 Å². The van der Waals surface area contributed by atoms with Gasteiger partial charge in [0.1, 0.15) is 11.6 Å². The molecule has 0 heterocycles. The zero-order valence-corrected chi connectivity index (χ0v) is 12.7. The number of anilines is 1. The first-order valence-corrected chi connectivity index (χ1v) is 6.99. The van der Waals surface area contributed by atoms with E-state index in [9.17, 15) is 4.39 Å². The second-order valence-corrected chi connectivity index (χ2v) is 5.15. The minimum absolute atomic E-state index is 0.212. The Morgan fingerprint density at radius 3 is 2.75 bits per heavy atom. The highest BCUT2D eigenvalue weighted by Gasteiger charge is 2.15. The fourth-order valence-electron chi connectivity index (χ4n) is 2.00. The number of nitrogens with two attached hydrogens (primary N) is 1. The third-order valence-corrected chi connectivity index (χ3v) is 3.73. The van der Waals surface area contributed by atoms with E-state index < -0.39 is 0 Å². The van der Waals surface area contributed by atoms with Gasteiger partial charge in [0.25, 0.3) is 0 Å². The van der Waals surface area contributed by atoms with Crippen LogP contribution in [0.15, 0.2) is 46.9 Å². The Balaban J connectivity index is 2.31. The molecule has 20 heavy (non-hydrogen) atoms. The molecular weight excluding hydrogens is 323 g/mol. The van der Waals surface area contributed by atoms with Crippen molar-refractivity contribution in [1.29, 1.82) is 0 Å². The Morgan fingerprint density at radius 2 is 2.05 bits per heavy atom. The van der Waals surface area contributed by atoms with E-state index in [1.165, 1.54) is 12.1 Å². The van der Waals surface area contributed by atoms with Crippen molar-refractivity contribution in [1.82, 2.24) is 0 Å². The number of halogens is 2. The number of ether oxygens (including phenoxy) is 1. The summed E-state index contributed by atoms with van der Waals surface area (Å²) < 4.78 is 19.5. The van der Waals surface area contributed by atoms with Crippen molar-refractivity contribution in [3.8, 4) is 5.75 Å². The van der Waals surface area contributed by atoms with Gasteiger partial charge in [0.2, 0.25) is 0 Å². The highest BCUT2D eigenvalue weighted by molar-refractivity contribution is 9.10. The number of nitrogens with one attached hydrogen (secondary N) is 1. The summed E-state index contributed by atoms with van der Waals surface area (Å²) >= 11 is 3.43. The standard InChI is InChI=1S/C15H16BrFN2O/c1-20-15-5-3-2-4-13(15)19-14(9-18)11-8-10(17)6-7-12(11)16/h2-8,14,19H,9,18H2,1H3. The molecule has 3 N–H and O–H groups in total. The largest absolute Gasteiger partial charge is 0.495 e. The number of hydrogen-bond donors (Lipinski definition) is 2. The molecule has 0 spiro atoms. The molecule has 0 aliphatic rings. The van der Waals surface area contributed by atoms with Crippen molar-refractivity contribution >= 4 is 21.6 Å². The molecule has 0 amide bonds. The van der Waals surface area contributed by atoms with Crippen LogP contribution < -0.4 is 15.8 Å². The van der Waals surface area contributed by atoms with Gasteiger partial charge in [0.05, 0.1) is 18.8 Å². The second kappa shape index (κ2) is 6.72.